The number of aryl methyl sites for hydroxylation is 1. The van der Waals surface area contributed by atoms with Crippen molar-refractivity contribution in [2.24, 2.45) is 0 Å². The predicted octanol–water partition coefficient (Wildman–Crippen LogP) is 2.36. The molecule has 0 aliphatic carbocycles. The number of phenolic OH excluding ortho intramolecular Hbond substituents is 1. The zero-order chi connectivity index (χ0) is 13.8. The first-order valence-corrected chi connectivity index (χ1v) is 6.68. The molecule has 1 atom stereocenters. The van der Waals surface area contributed by atoms with Crippen molar-refractivity contribution in [3.8, 4) is 5.75 Å². The summed E-state index contributed by atoms with van der Waals surface area (Å²) >= 11 is 0. The van der Waals surface area contributed by atoms with Crippen molar-refractivity contribution in [1.82, 2.24) is 10.2 Å². The first-order chi connectivity index (χ1) is 9.15. The number of halogens is 1. The number of rotatable bonds is 4. The van der Waals surface area contributed by atoms with E-state index in [0.717, 1.165) is 31.7 Å². The van der Waals surface area contributed by atoms with Crippen molar-refractivity contribution in [3.63, 3.8) is 0 Å². The summed E-state index contributed by atoms with van der Waals surface area (Å²) in [7, 11) is 0. The highest BCUT2D eigenvalue weighted by Gasteiger charge is 2.26. The van der Waals surface area contributed by atoms with Gasteiger partial charge in [-0.1, -0.05) is 12.1 Å². The number of phenols is 1. The Morgan fingerprint density at radius 2 is 2.16 bits per heavy atom. The van der Waals surface area contributed by atoms with Crippen LogP contribution in [-0.4, -0.2) is 36.2 Å². The second kappa shape index (κ2) is 6.17. The van der Waals surface area contributed by atoms with E-state index in [9.17, 15) is 9.50 Å². The lowest BCUT2D eigenvalue weighted by Gasteiger charge is -2.35. The van der Waals surface area contributed by atoms with Crippen LogP contribution >= 0.6 is 0 Å². The molecule has 1 aliphatic rings. The monoisotopic (exact) mass is 264 g/mol. The highest BCUT2D eigenvalue weighted by Crippen LogP contribution is 2.35. The lowest BCUT2D eigenvalue weighted by Crippen LogP contribution is -2.45. The van der Waals surface area contributed by atoms with E-state index in [0.29, 0.717) is 12.0 Å². The van der Waals surface area contributed by atoms with Crippen molar-refractivity contribution >= 4 is 0 Å². The number of nitrogens with one attached hydrogen (secondary N) is 1. The summed E-state index contributed by atoms with van der Waals surface area (Å²) in [4.78, 5) is 2.28. The van der Waals surface area contributed by atoms with Gasteiger partial charge in [0.15, 0.2) is 11.6 Å². The van der Waals surface area contributed by atoms with Crippen molar-refractivity contribution in [2.45, 2.75) is 19.4 Å². The number of piperazine rings is 1. The van der Waals surface area contributed by atoms with Crippen LogP contribution in [0.3, 0.4) is 0 Å². The van der Waals surface area contributed by atoms with E-state index in [2.05, 4.69) is 16.8 Å². The average molecular weight is 264 g/mol. The second-order valence-corrected chi connectivity index (χ2v) is 4.95. The van der Waals surface area contributed by atoms with Crippen molar-refractivity contribution in [3.05, 3.63) is 41.7 Å². The highest BCUT2D eigenvalue weighted by atomic mass is 19.1. The average Bonchev–Trinajstić information content (AvgIpc) is 2.43. The minimum absolute atomic E-state index is 0.00435. The largest absolute Gasteiger partial charge is 0.505 e. The Morgan fingerprint density at radius 1 is 1.47 bits per heavy atom. The van der Waals surface area contributed by atoms with Gasteiger partial charge in [0.1, 0.15) is 0 Å². The Balaban J connectivity index is 2.37. The molecule has 0 unspecified atom stereocenters. The van der Waals surface area contributed by atoms with Gasteiger partial charge in [0.25, 0.3) is 0 Å². The molecule has 0 aromatic heterocycles. The maximum Gasteiger partial charge on any atom is 0.165 e. The molecule has 1 fully saturated rings. The smallest absolute Gasteiger partial charge is 0.165 e. The molecule has 1 heterocycles. The molecule has 1 aromatic rings. The molecule has 2 rings (SSSR count). The lowest BCUT2D eigenvalue weighted by molar-refractivity contribution is 0.170. The highest BCUT2D eigenvalue weighted by molar-refractivity contribution is 5.42. The normalized spacial score (nSPS) is 18.2. The third kappa shape index (κ3) is 2.96. The van der Waals surface area contributed by atoms with Gasteiger partial charge in [0.2, 0.25) is 0 Å². The third-order valence-electron chi connectivity index (χ3n) is 3.70. The van der Waals surface area contributed by atoms with Crippen LogP contribution in [0.1, 0.15) is 23.6 Å². The molecule has 0 spiro atoms. The third-order valence-corrected chi connectivity index (χ3v) is 3.70. The topological polar surface area (TPSA) is 35.5 Å². The summed E-state index contributed by atoms with van der Waals surface area (Å²) in [5.41, 5.74) is 1.62. The number of hydrogen-bond donors (Lipinski definition) is 2. The van der Waals surface area contributed by atoms with E-state index in [-0.39, 0.29) is 11.8 Å². The zero-order valence-electron chi connectivity index (χ0n) is 11.3. The molecular formula is C15H21FN2O. The maximum atomic E-state index is 13.6. The predicted molar refractivity (Wildman–Crippen MR) is 74.8 cm³/mol. The standard InChI is InChI=1S/C15H21FN2O/c1-3-4-13(18-9-7-17-8-10-18)14-11(2)5-6-12(16)15(14)19/h3,5-6,13,17,19H,1,4,7-10H2,2H3/t13-/m0/s1. The van der Waals surface area contributed by atoms with Crippen LogP contribution in [0, 0.1) is 12.7 Å². The van der Waals surface area contributed by atoms with Crippen LogP contribution in [0.4, 0.5) is 4.39 Å². The number of aromatic hydroxyl groups is 1. The molecule has 1 saturated heterocycles. The Labute approximate surface area is 113 Å². The molecule has 2 N–H and O–H groups in total. The fraction of sp³-hybridized carbons (Fsp3) is 0.467. The summed E-state index contributed by atoms with van der Waals surface area (Å²) in [5.74, 6) is -0.768. The van der Waals surface area contributed by atoms with Gasteiger partial charge in [-0.05, 0) is 25.0 Å². The van der Waals surface area contributed by atoms with E-state index >= 15 is 0 Å². The van der Waals surface area contributed by atoms with E-state index in [1.54, 1.807) is 6.07 Å². The minimum atomic E-state index is -0.551. The van der Waals surface area contributed by atoms with Crippen molar-refractivity contribution in [2.75, 3.05) is 26.2 Å². The Bertz CT molecular complexity index is 456. The Morgan fingerprint density at radius 3 is 2.79 bits per heavy atom. The van der Waals surface area contributed by atoms with E-state index in [1.807, 2.05) is 13.0 Å². The molecule has 1 aliphatic heterocycles. The summed E-state index contributed by atoms with van der Waals surface area (Å²) in [6, 6.07) is 3.04. The van der Waals surface area contributed by atoms with Gasteiger partial charge in [-0.3, -0.25) is 4.90 Å². The quantitative estimate of drug-likeness (QED) is 0.820. The summed E-state index contributed by atoms with van der Waals surface area (Å²) < 4.78 is 13.6. The summed E-state index contributed by atoms with van der Waals surface area (Å²) in [5, 5.41) is 13.4. The van der Waals surface area contributed by atoms with E-state index in [4.69, 9.17) is 0 Å². The molecule has 0 saturated carbocycles. The van der Waals surface area contributed by atoms with Gasteiger partial charge in [0, 0.05) is 37.8 Å². The maximum absolute atomic E-state index is 13.6. The number of benzene rings is 1. The molecule has 0 bridgehead atoms. The molecule has 3 nitrogen and oxygen atoms in total. The second-order valence-electron chi connectivity index (χ2n) is 4.95. The van der Waals surface area contributed by atoms with Crippen LogP contribution in [0.2, 0.25) is 0 Å². The SMILES string of the molecule is C=CC[C@@H](c1c(C)ccc(F)c1O)N1CCNCC1. The van der Waals surface area contributed by atoms with Crippen LogP contribution in [0.5, 0.6) is 5.75 Å². The minimum Gasteiger partial charge on any atom is -0.505 e. The Hall–Kier alpha value is -1.39. The van der Waals surface area contributed by atoms with Crippen molar-refractivity contribution < 1.29 is 9.50 Å². The molecule has 19 heavy (non-hydrogen) atoms. The van der Waals surface area contributed by atoms with Crippen LogP contribution in [-0.2, 0) is 0 Å². The Kier molecular flexibility index (Phi) is 4.56. The zero-order valence-corrected chi connectivity index (χ0v) is 11.3. The molecule has 1 aromatic carbocycles. The van der Waals surface area contributed by atoms with Gasteiger partial charge in [-0.15, -0.1) is 6.58 Å². The first-order valence-electron chi connectivity index (χ1n) is 6.68. The summed E-state index contributed by atoms with van der Waals surface area (Å²) in [6.45, 7) is 9.33. The van der Waals surface area contributed by atoms with Crippen LogP contribution in [0.25, 0.3) is 0 Å². The number of nitrogens with zero attached hydrogens (tertiary/aromatic N) is 1. The molecule has 0 amide bonds. The molecule has 104 valence electrons. The molecule has 4 heteroatoms. The van der Waals surface area contributed by atoms with Gasteiger partial charge >= 0.3 is 0 Å². The van der Waals surface area contributed by atoms with Gasteiger partial charge in [0.05, 0.1) is 0 Å². The van der Waals surface area contributed by atoms with Crippen molar-refractivity contribution in [1.29, 1.82) is 0 Å². The summed E-state index contributed by atoms with van der Waals surface area (Å²) in [6.07, 6.45) is 2.54. The fourth-order valence-electron chi connectivity index (χ4n) is 2.70. The van der Waals surface area contributed by atoms with Crippen LogP contribution in [0.15, 0.2) is 24.8 Å². The first kappa shape index (κ1) is 14.0. The van der Waals surface area contributed by atoms with Gasteiger partial charge in [-0.25, -0.2) is 4.39 Å². The number of hydrogen-bond acceptors (Lipinski definition) is 3. The van der Waals surface area contributed by atoms with Crippen LogP contribution < -0.4 is 5.32 Å². The fourth-order valence-corrected chi connectivity index (χ4v) is 2.70. The van der Waals surface area contributed by atoms with Gasteiger partial charge in [-0.2, -0.15) is 0 Å². The lowest BCUT2D eigenvalue weighted by atomic mass is 9.95. The molecule has 0 radical (unpaired) electrons. The van der Waals surface area contributed by atoms with E-state index < -0.39 is 5.82 Å². The van der Waals surface area contributed by atoms with E-state index in [1.165, 1.54) is 6.07 Å². The van der Waals surface area contributed by atoms with Gasteiger partial charge < -0.3 is 10.4 Å². The molecular weight excluding hydrogens is 243 g/mol.